The molecule has 1 fully saturated rings. The van der Waals surface area contributed by atoms with Crippen LogP contribution in [-0.2, 0) is 17.9 Å². The van der Waals surface area contributed by atoms with Crippen molar-refractivity contribution in [3.63, 3.8) is 0 Å². The molecule has 0 atom stereocenters. The molecule has 8 nitrogen and oxygen atoms in total. The number of thioether (sulfide) groups is 1. The molecule has 12 heteroatoms. The summed E-state index contributed by atoms with van der Waals surface area (Å²) in [5.74, 6) is 0.801. The van der Waals surface area contributed by atoms with Crippen molar-refractivity contribution in [1.29, 1.82) is 0 Å². The van der Waals surface area contributed by atoms with Crippen LogP contribution in [-0.4, -0.2) is 45.9 Å². The molecule has 0 unspecified atom stereocenters. The fourth-order valence-electron chi connectivity index (χ4n) is 3.48. The Kier molecular flexibility index (Phi) is 7.11. The number of rotatable bonds is 9. The van der Waals surface area contributed by atoms with Gasteiger partial charge in [0.05, 0.1) is 18.6 Å². The highest BCUT2D eigenvalue weighted by Gasteiger charge is 2.32. The highest BCUT2D eigenvalue weighted by molar-refractivity contribution is 7.99. The Morgan fingerprint density at radius 1 is 1.15 bits per heavy atom. The predicted octanol–water partition coefficient (Wildman–Crippen LogP) is 3.83. The minimum atomic E-state index is -4.80. The molecule has 33 heavy (non-hydrogen) atoms. The lowest BCUT2D eigenvalue weighted by Crippen LogP contribution is -2.26. The summed E-state index contributed by atoms with van der Waals surface area (Å²) >= 11 is 1.20. The first-order chi connectivity index (χ1) is 15.9. The van der Waals surface area contributed by atoms with Gasteiger partial charge in [-0.1, -0.05) is 30.0 Å². The number of carbonyl (C=O) groups is 1. The van der Waals surface area contributed by atoms with Crippen LogP contribution in [0.25, 0.3) is 0 Å². The Hall–Kier alpha value is -3.15. The standard InChI is InChI=1S/C21H22F3N5O3S/c22-21(23,24)32-17-8-2-1-6-15(17)12-25-18(30)14-33-20-27-26-19(28-9-3-4-10-28)29(20)13-16-7-5-11-31-16/h1-2,5-8,11H,3-4,9-10,12-14H2,(H,25,30). The van der Waals surface area contributed by atoms with E-state index in [9.17, 15) is 18.0 Å². The number of aromatic nitrogens is 3. The van der Waals surface area contributed by atoms with E-state index in [1.165, 1.54) is 30.0 Å². The zero-order valence-electron chi connectivity index (χ0n) is 17.5. The number of nitrogens with zero attached hydrogens (tertiary/aromatic N) is 4. The maximum Gasteiger partial charge on any atom is 0.573 e. The molecule has 3 aromatic rings. The fourth-order valence-corrected chi connectivity index (χ4v) is 4.25. The lowest BCUT2D eigenvalue weighted by atomic mass is 10.2. The topological polar surface area (TPSA) is 85.4 Å². The normalized spacial score (nSPS) is 14.0. The van der Waals surface area contributed by atoms with E-state index >= 15 is 0 Å². The van der Waals surface area contributed by atoms with E-state index in [4.69, 9.17) is 4.42 Å². The number of halogens is 3. The largest absolute Gasteiger partial charge is 0.573 e. The van der Waals surface area contributed by atoms with Crippen molar-refractivity contribution in [3.8, 4) is 5.75 Å². The molecule has 1 aliphatic heterocycles. The third-order valence-corrected chi connectivity index (χ3v) is 5.95. The Morgan fingerprint density at radius 2 is 1.94 bits per heavy atom. The smallest absolute Gasteiger partial charge is 0.467 e. The number of nitrogens with one attached hydrogen (secondary N) is 1. The first-order valence-electron chi connectivity index (χ1n) is 10.3. The van der Waals surface area contributed by atoms with Crippen LogP contribution in [0.4, 0.5) is 19.1 Å². The maximum atomic E-state index is 12.6. The second-order valence-corrected chi connectivity index (χ2v) is 8.31. The molecule has 1 saturated heterocycles. The SMILES string of the molecule is O=C(CSc1nnc(N2CCCC2)n1Cc1ccco1)NCc1ccccc1OC(F)(F)F. The van der Waals surface area contributed by atoms with Gasteiger partial charge in [-0.25, -0.2) is 0 Å². The van der Waals surface area contributed by atoms with Gasteiger partial charge in [0.25, 0.3) is 0 Å². The molecule has 0 aliphatic carbocycles. The summed E-state index contributed by atoms with van der Waals surface area (Å²) in [7, 11) is 0. The number of benzene rings is 1. The molecule has 0 bridgehead atoms. The molecule has 0 saturated carbocycles. The van der Waals surface area contributed by atoms with E-state index < -0.39 is 6.36 Å². The lowest BCUT2D eigenvalue weighted by Gasteiger charge is -2.17. The summed E-state index contributed by atoms with van der Waals surface area (Å²) in [5, 5.41) is 11.8. The summed E-state index contributed by atoms with van der Waals surface area (Å²) in [5.41, 5.74) is 0.227. The highest BCUT2D eigenvalue weighted by Crippen LogP contribution is 2.27. The number of alkyl halides is 3. The maximum absolute atomic E-state index is 12.6. The summed E-state index contributed by atoms with van der Waals surface area (Å²) in [6, 6.07) is 9.35. The van der Waals surface area contributed by atoms with E-state index in [2.05, 4.69) is 25.2 Å². The zero-order valence-corrected chi connectivity index (χ0v) is 18.4. The number of hydrogen-bond acceptors (Lipinski definition) is 7. The van der Waals surface area contributed by atoms with Crippen molar-refractivity contribution >= 4 is 23.6 Å². The van der Waals surface area contributed by atoms with Gasteiger partial charge in [0.1, 0.15) is 11.5 Å². The third-order valence-electron chi connectivity index (χ3n) is 4.99. The average Bonchev–Trinajstić information content (AvgIpc) is 3.53. The molecule has 3 heterocycles. The van der Waals surface area contributed by atoms with E-state index in [0.717, 1.165) is 37.6 Å². The van der Waals surface area contributed by atoms with Gasteiger partial charge in [-0.05, 0) is 31.0 Å². The minimum Gasteiger partial charge on any atom is -0.467 e. The molecule has 4 rings (SSSR count). The van der Waals surface area contributed by atoms with Crippen LogP contribution in [0, 0.1) is 0 Å². The van der Waals surface area contributed by atoms with Gasteiger partial charge in [0, 0.05) is 25.2 Å². The first kappa shape index (κ1) is 23.0. The van der Waals surface area contributed by atoms with Crippen molar-refractivity contribution < 1.29 is 27.1 Å². The van der Waals surface area contributed by atoms with Gasteiger partial charge in [0.15, 0.2) is 5.16 Å². The monoisotopic (exact) mass is 481 g/mol. The number of para-hydroxylation sites is 1. The molecule has 2 aromatic heterocycles. The third kappa shape index (κ3) is 6.21. The Bertz CT molecular complexity index is 1070. The lowest BCUT2D eigenvalue weighted by molar-refractivity contribution is -0.274. The molecule has 0 spiro atoms. The number of carbonyl (C=O) groups excluding carboxylic acids is 1. The fraction of sp³-hybridized carbons (Fsp3) is 0.381. The molecule has 1 aliphatic rings. The summed E-state index contributed by atoms with van der Waals surface area (Å²) < 4.78 is 49.1. The molecule has 1 amide bonds. The summed E-state index contributed by atoms with van der Waals surface area (Å²) in [6.45, 7) is 2.11. The van der Waals surface area contributed by atoms with Gasteiger partial charge in [0.2, 0.25) is 11.9 Å². The molecule has 176 valence electrons. The van der Waals surface area contributed by atoms with Gasteiger partial charge < -0.3 is 19.4 Å². The van der Waals surface area contributed by atoms with Crippen molar-refractivity contribution in [2.45, 2.75) is 37.4 Å². The van der Waals surface area contributed by atoms with Crippen LogP contribution in [0.3, 0.4) is 0 Å². The Balaban J connectivity index is 1.38. The van der Waals surface area contributed by atoms with Crippen LogP contribution < -0.4 is 15.0 Å². The number of furan rings is 1. The highest BCUT2D eigenvalue weighted by atomic mass is 32.2. The minimum absolute atomic E-state index is 0.0264. The molecule has 1 aromatic carbocycles. The second-order valence-electron chi connectivity index (χ2n) is 7.36. The molecular formula is C21H22F3N5O3S. The number of amides is 1. The molecule has 1 N–H and O–H groups in total. The van der Waals surface area contributed by atoms with E-state index in [0.29, 0.717) is 11.7 Å². The van der Waals surface area contributed by atoms with Gasteiger partial charge in [-0.2, -0.15) is 0 Å². The first-order valence-corrected chi connectivity index (χ1v) is 11.3. The Labute approximate surface area is 192 Å². The van der Waals surface area contributed by atoms with E-state index in [-0.39, 0.29) is 29.5 Å². The van der Waals surface area contributed by atoms with Gasteiger partial charge >= 0.3 is 6.36 Å². The average molecular weight is 482 g/mol. The number of ether oxygens (including phenoxy) is 1. The van der Waals surface area contributed by atoms with Crippen LogP contribution in [0.15, 0.2) is 52.2 Å². The van der Waals surface area contributed by atoms with Gasteiger partial charge in [-0.15, -0.1) is 23.4 Å². The second kappa shape index (κ2) is 10.2. The Morgan fingerprint density at radius 3 is 2.67 bits per heavy atom. The zero-order chi connectivity index (χ0) is 23.3. The van der Waals surface area contributed by atoms with E-state index in [1.54, 1.807) is 18.4 Å². The van der Waals surface area contributed by atoms with E-state index in [1.807, 2.05) is 10.6 Å². The van der Waals surface area contributed by atoms with Crippen molar-refractivity contribution in [2.75, 3.05) is 23.7 Å². The van der Waals surface area contributed by atoms with Crippen LogP contribution in [0.1, 0.15) is 24.2 Å². The predicted molar refractivity (Wildman–Crippen MR) is 115 cm³/mol. The molecular weight excluding hydrogens is 459 g/mol. The van der Waals surface area contributed by atoms with Crippen molar-refractivity contribution in [3.05, 3.63) is 54.0 Å². The number of hydrogen-bond donors (Lipinski definition) is 1. The van der Waals surface area contributed by atoms with Crippen LogP contribution in [0.2, 0.25) is 0 Å². The summed E-state index contributed by atoms with van der Waals surface area (Å²) in [4.78, 5) is 14.5. The molecule has 0 radical (unpaired) electrons. The van der Waals surface area contributed by atoms with Gasteiger partial charge in [-0.3, -0.25) is 9.36 Å². The van der Waals surface area contributed by atoms with Crippen molar-refractivity contribution in [1.82, 2.24) is 20.1 Å². The number of anilines is 1. The quantitative estimate of drug-likeness (QED) is 0.465. The van der Waals surface area contributed by atoms with Crippen LogP contribution >= 0.6 is 11.8 Å². The van der Waals surface area contributed by atoms with Crippen molar-refractivity contribution in [2.24, 2.45) is 0 Å². The summed E-state index contributed by atoms with van der Waals surface area (Å²) in [6.07, 6.45) is -1.05. The van der Waals surface area contributed by atoms with Crippen LogP contribution in [0.5, 0.6) is 5.75 Å².